The number of allylic oxidation sites excluding steroid dienone is 10. The second-order valence-electron chi connectivity index (χ2n) is 9.46. The Morgan fingerprint density at radius 3 is 2.08 bits per heavy atom. The molecule has 3 aromatic rings. The lowest BCUT2D eigenvalue weighted by molar-refractivity contribution is 0.654. The van der Waals surface area contributed by atoms with Gasteiger partial charge in [0, 0.05) is 22.5 Å². The average molecular weight is 470 g/mol. The molecule has 0 atom stereocenters. The van der Waals surface area contributed by atoms with Crippen molar-refractivity contribution in [3.05, 3.63) is 151 Å². The molecule has 0 saturated heterocycles. The SMILES string of the molecule is C=C/C=C(\C=C/C)c1ccc(N(c2ccccc2)c2ccc3c(c2)C(C)(C)C(/C=C\C)=C3C=C)cc1. The highest BCUT2D eigenvalue weighted by Crippen LogP contribution is 2.49. The number of nitrogens with zero attached hydrogens (tertiary/aromatic N) is 1. The fourth-order valence-corrected chi connectivity index (χ4v) is 5.12. The van der Waals surface area contributed by atoms with Crippen LogP contribution in [0, 0.1) is 0 Å². The lowest BCUT2D eigenvalue weighted by Gasteiger charge is -2.28. The topological polar surface area (TPSA) is 3.24 Å². The van der Waals surface area contributed by atoms with Crippen molar-refractivity contribution < 1.29 is 0 Å². The van der Waals surface area contributed by atoms with E-state index in [-0.39, 0.29) is 5.41 Å². The highest BCUT2D eigenvalue weighted by molar-refractivity contribution is 5.89. The van der Waals surface area contributed by atoms with E-state index in [9.17, 15) is 0 Å². The lowest BCUT2D eigenvalue weighted by Crippen LogP contribution is -2.17. The first-order chi connectivity index (χ1) is 17.5. The van der Waals surface area contributed by atoms with Crippen LogP contribution >= 0.6 is 0 Å². The summed E-state index contributed by atoms with van der Waals surface area (Å²) >= 11 is 0. The van der Waals surface area contributed by atoms with Crippen molar-refractivity contribution in [2.45, 2.75) is 33.1 Å². The Morgan fingerprint density at radius 2 is 1.47 bits per heavy atom. The van der Waals surface area contributed by atoms with Gasteiger partial charge >= 0.3 is 0 Å². The molecular weight excluding hydrogens is 434 g/mol. The summed E-state index contributed by atoms with van der Waals surface area (Å²) < 4.78 is 0. The summed E-state index contributed by atoms with van der Waals surface area (Å²) in [5.41, 5.74) is 10.7. The number of fused-ring (bicyclic) bond motifs is 1. The largest absolute Gasteiger partial charge is 0.310 e. The molecule has 0 bridgehead atoms. The number of anilines is 3. The first-order valence-corrected chi connectivity index (χ1v) is 12.5. The molecule has 180 valence electrons. The maximum absolute atomic E-state index is 4.12. The van der Waals surface area contributed by atoms with Gasteiger partial charge in [-0.25, -0.2) is 0 Å². The monoisotopic (exact) mass is 469 g/mol. The molecule has 0 N–H and O–H groups in total. The predicted octanol–water partition coefficient (Wildman–Crippen LogP) is 10.1. The minimum atomic E-state index is -0.107. The first-order valence-electron chi connectivity index (χ1n) is 12.5. The molecule has 1 aliphatic rings. The Balaban J connectivity index is 1.84. The molecule has 0 aliphatic heterocycles. The van der Waals surface area contributed by atoms with Crippen LogP contribution in [0.4, 0.5) is 17.1 Å². The molecule has 0 amide bonds. The van der Waals surface area contributed by atoms with Crippen LogP contribution in [-0.4, -0.2) is 0 Å². The van der Waals surface area contributed by atoms with Crippen LogP contribution in [0.1, 0.15) is 44.4 Å². The third-order valence-corrected chi connectivity index (χ3v) is 6.84. The van der Waals surface area contributed by atoms with E-state index < -0.39 is 0 Å². The summed E-state index contributed by atoms with van der Waals surface area (Å²) in [5, 5.41) is 0. The van der Waals surface area contributed by atoms with E-state index in [2.05, 4.69) is 136 Å². The van der Waals surface area contributed by atoms with Crippen LogP contribution in [-0.2, 0) is 5.41 Å². The van der Waals surface area contributed by atoms with Gasteiger partial charge in [-0.1, -0.05) is 106 Å². The fraction of sp³-hybridized carbons (Fsp3) is 0.143. The second kappa shape index (κ2) is 10.7. The molecule has 0 radical (unpaired) electrons. The minimum Gasteiger partial charge on any atom is -0.310 e. The number of rotatable bonds is 8. The number of para-hydroxylation sites is 1. The zero-order valence-corrected chi connectivity index (χ0v) is 21.8. The van der Waals surface area contributed by atoms with E-state index >= 15 is 0 Å². The fourth-order valence-electron chi connectivity index (χ4n) is 5.12. The van der Waals surface area contributed by atoms with Crippen molar-refractivity contribution in [2.24, 2.45) is 0 Å². The Morgan fingerprint density at radius 1 is 0.806 bits per heavy atom. The predicted molar refractivity (Wildman–Crippen MR) is 159 cm³/mol. The lowest BCUT2D eigenvalue weighted by atomic mass is 9.80. The Hall–Kier alpha value is -4.10. The molecule has 1 nitrogen and oxygen atoms in total. The van der Waals surface area contributed by atoms with Gasteiger partial charge < -0.3 is 4.90 Å². The molecule has 0 fully saturated rings. The molecular formula is C35H35N. The maximum Gasteiger partial charge on any atom is 0.0465 e. The van der Waals surface area contributed by atoms with E-state index in [1.165, 1.54) is 22.3 Å². The minimum absolute atomic E-state index is 0.107. The summed E-state index contributed by atoms with van der Waals surface area (Å²) in [6.45, 7) is 16.7. The van der Waals surface area contributed by atoms with Gasteiger partial charge in [0.05, 0.1) is 0 Å². The summed E-state index contributed by atoms with van der Waals surface area (Å²) in [4.78, 5) is 2.33. The highest BCUT2D eigenvalue weighted by Gasteiger charge is 2.36. The van der Waals surface area contributed by atoms with Gasteiger partial charge in [-0.3, -0.25) is 0 Å². The summed E-state index contributed by atoms with van der Waals surface area (Å²) in [7, 11) is 0. The van der Waals surface area contributed by atoms with Crippen LogP contribution in [0.25, 0.3) is 11.1 Å². The zero-order chi connectivity index (χ0) is 25.7. The molecule has 0 spiro atoms. The van der Waals surface area contributed by atoms with E-state index in [1.54, 1.807) is 0 Å². The molecule has 3 aromatic carbocycles. The molecule has 0 heterocycles. The van der Waals surface area contributed by atoms with Crippen molar-refractivity contribution in [2.75, 3.05) is 4.90 Å². The smallest absolute Gasteiger partial charge is 0.0465 e. The van der Waals surface area contributed by atoms with Gasteiger partial charge in [0.25, 0.3) is 0 Å². The molecule has 4 rings (SSSR count). The van der Waals surface area contributed by atoms with Crippen molar-refractivity contribution in [1.82, 2.24) is 0 Å². The average Bonchev–Trinajstić information content (AvgIpc) is 3.11. The third-order valence-electron chi connectivity index (χ3n) is 6.84. The van der Waals surface area contributed by atoms with Crippen LogP contribution < -0.4 is 4.90 Å². The Bertz CT molecular complexity index is 1380. The van der Waals surface area contributed by atoms with E-state index in [1.807, 2.05) is 25.2 Å². The standard InChI is InChI=1S/C35H35N/c1-7-14-26(15-8-2)27-19-21-29(22-20-27)36(28-17-12-11-13-18-28)30-23-24-32-31(10-4)33(16-9-3)35(5,6)34(32)25-30/h7-25H,1,4H2,2-3,5-6H3/b15-8-,16-9-,26-14+. The molecule has 0 unspecified atom stereocenters. The summed E-state index contributed by atoms with van der Waals surface area (Å²) in [6.07, 6.45) is 14.4. The third kappa shape index (κ3) is 4.57. The molecule has 1 heteroatoms. The Kier molecular flexibility index (Phi) is 7.41. The van der Waals surface area contributed by atoms with Gasteiger partial charge in [0.2, 0.25) is 0 Å². The van der Waals surface area contributed by atoms with E-state index in [0.717, 1.165) is 28.2 Å². The van der Waals surface area contributed by atoms with Gasteiger partial charge in [-0.2, -0.15) is 0 Å². The van der Waals surface area contributed by atoms with Crippen molar-refractivity contribution in [1.29, 1.82) is 0 Å². The van der Waals surface area contributed by atoms with Crippen LogP contribution in [0.15, 0.2) is 134 Å². The van der Waals surface area contributed by atoms with Crippen LogP contribution in [0.5, 0.6) is 0 Å². The molecule has 36 heavy (non-hydrogen) atoms. The molecule has 1 aliphatic carbocycles. The van der Waals surface area contributed by atoms with Gasteiger partial charge in [-0.15, -0.1) is 0 Å². The molecule has 0 saturated carbocycles. The van der Waals surface area contributed by atoms with Crippen LogP contribution in [0.3, 0.4) is 0 Å². The number of hydrogen-bond donors (Lipinski definition) is 0. The van der Waals surface area contributed by atoms with Crippen molar-refractivity contribution in [3.8, 4) is 0 Å². The zero-order valence-electron chi connectivity index (χ0n) is 21.8. The highest BCUT2D eigenvalue weighted by atomic mass is 15.1. The van der Waals surface area contributed by atoms with Crippen molar-refractivity contribution in [3.63, 3.8) is 0 Å². The quantitative estimate of drug-likeness (QED) is 0.297. The Labute approximate surface area is 216 Å². The van der Waals surface area contributed by atoms with Gasteiger partial charge in [0.1, 0.15) is 0 Å². The van der Waals surface area contributed by atoms with Crippen LogP contribution in [0.2, 0.25) is 0 Å². The summed E-state index contributed by atoms with van der Waals surface area (Å²) in [5.74, 6) is 0. The number of hydrogen-bond acceptors (Lipinski definition) is 1. The van der Waals surface area contributed by atoms with Gasteiger partial charge in [-0.05, 0) is 83.7 Å². The van der Waals surface area contributed by atoms with E-state index in [4.69, 9.17) is 0 Å². The second-order valence-corrected chi connectivity index (χ2v) is 9.46. The summed E-state index contributed by atoms with van der Waals surface area (Å²) in [6, 6.07) is 26.1. The van der Waals surface area contributed by atoms with E-state index in [0.29, 0.717) is 0 Å². The maximum atomic E-state index is 4.12. The number of benzene rings is 3. The van der Waals surface area contributed by atoms with Crippen molar-refractivity contribution >= 4 is 28.2 Å². The first kappa shape index (κ1) is 25.0. The molecule has 0 aromatic heterocycles. The van der Waals surface area contributed by atoms with Gasteiger partial charge in [0.15, 0.2) is 0 Å². The normalized spacial score (nSPS) is 14.9.